The Bertz CT molecular complexity index is 1770. The minimum absolute atomic E-state index is 0.00446. The minimum Gasteiger partial charge on any atom is -0.352 e. The molecule has 0 saturated heterocycles. The van der Waals surface area contributed by atoms with Crippen molar-refractivity contribution in [3.63, 3.8) is 0 Å². The molecule has 0 aromatic heterocycles. The average Bonchev–Trinajstić information content (AvgIpc) is 3.04. The molecule has 4 rings (SSSR count). The van der Waals surface area contributed by atoms with E-state index in [-0.39, 0.29) is 35.5 Å². The van der Waals surface area contributed by atoms with Gasteiger partial charge in [-0.2, -0.15) is 0 Å². The molecule has 0 aliphatic rings. The maximum atomic E-state index is 14.6. The fraction of sp³-hybridized carbons (Fsp3) is 0.257. The molecule has 46 heavy (non-hydrogen) atoms. The lowest BCUT2D eigenvalue weighted by atomic mass is 10.0. The van der Waals surface area contributed by atoms with Crippen LogP contribution in [0.2, 0.25) is 15.1 Å². The number of carbonyl (C=O) groups excluding carboxylic acids is 2. The molecule has 2 amide bonds. The van der Waals surface area contributed by atoms with Gasteiger partial charge in [0.05, 0.1) is 10.6 Å². The first kappa shape index (κ1) is 35.3. The average molecular weight is 701 g/mol. The van der Waals surface area contributed by atoms with Crippen LogP contribution in [0.3, 0.4) is 0 Å². The molecule has 11 heteroatoms. The summed E-state index contributed by atoms with van der Waals surface area (Å²) in [6, 6.07) is 25.8. The van der Waals surface area contributed by atoms with Gasteiger partial charge in [0.2, 0.25) is 11.8 Å². The topological polar surface area (TPSA) is 86.8 Å². The molecule has 4 aromatic carbocycles. The van der Waals surface area contributed by atoms with E-state index >= 15 is 0 Å². The molecule has 242 valence electrons. The van der Waals surface area contributed by atoms with Crippen LogP contribution < -0.4 is 9.62 Å². The molecule has 2 atom stereocenters. The molecule has 0 radical (unpaired) electrons. The lowest BCUT2D eigenvalue weighted by Gasteiger charge is -2.35. The van der Waals surface area contributed by atoms with Gasteiger partial charge in [-0.05, 0) is 73.4 Å². The molecule has 7 nitrogen and oxygen atoms in total. The second-order valence-electron chi connectivity index (χ2n) is 11.0. The molecule has 0 unspecified atom stereocenters. The third-order valence-electron chi connectivity index (χ3n) is 7.75. The van der Waals surface area contributed by atoms with E-state index in [1.54, 1.807) is 61.5 Å². The fourth-order valence-electron chi connectivity index (χ4n) is 4.93. The van der Waals surface area contributed by atoms with Crippen molar-refractivity contribution in [1.82, 2.24) is 10.2 Å². The molecular weight excluding hydrogens is 665 g/mol. The van der Waals surface area contributed by atoms with Crippen molar-refractivity contribution in [2.75, 3.05) is 10.8 Å². The van der Waals surface area contributed by atoms with E-state index in [0.717, 1.165) is 9.87 Å². The van der Waals surface area contributed by atoms with Crippen molar-refractivity contribution in [1.29, 1.82) is 0 Å². The summed E-state index contributed by atoms with van der Waals surface area (Å²) in [5.74, 6) is -0.974. The maximum absolute atomic E-state index is 14.6. The molecule has 0 aliphatic heterocycles. The van der Waals surface area contributed by atoms with Crippen LogP contribution in [-0.4, -0.2) is 43.8 Å². The number of halogens is 3. The SMILES string of the molecule is CC[C@@H](C)NC(=O)[C@@H](Cc1ccccc1)N(Cc1ccc(Cl)cc1Cl)C(=O)CN(c1cccc(Cl)c1C)S(=O)(=O)c1ccccc1. The van der Waals surface area contributed by atoms with Gasteiger partial charge in [-0.25, -0.2) is 8.42 Å². The Morgan fingerprint density at radius 1 is 0.848 bits per heavy atom. The maximum Gasteiger partial charge on any atom is 0.264 e. The first-order valence-electron chi connectivity index (χ1n) is 14.8. The summed E-state index contributed by atoms with van der Waals surface area (Å²) >= 11 is 19.2. The highest BCUT2D eigenvalue weighted by Gasteiger charge is 2.35. The second kappa shape index (κ2) is 15.8. The molecule has 0 saturated carbocycles. The van der Waals surface area contributed by atoms with Crippen molar-refractivity contribution >= 4 is 62.3 Å². The highest BCUT2D eigenvalue weighted by atomic mass is 35.5. The van der Waals surface area contributed by atoms with E-state index in [2.05, 4.69) is 5.32 Å². The molecule has 0 spiro atoms. The number of sulfonamides is 1. The van der Waals surface area contributed by atoms with Crippen LogP contribution in [0.15, 0.2) is 102 Å². The normalized spacial score (nSPS) is 12.7. The lowest BCUT2D eigenvalue weighted by Crippen LogP contribution is -2.54. The van der Waals surface area contributed by atoms with Crippen LogP contribution in [0.4, 0.5) is 5.69 Å². The Hall–Kier alpha value is -3.56. The molecule has 0 aliphatic carbocycles. The molecular formula is C35H36Cl3N3O4S. The van der Waals surface area contributed by atoms with E-state index < -0.39 is 28.5 Å². The summed E-state index contributed by atoms with van der Waals surface area (Å²) in [6.45, 7) is 4.85. The quantitative estimate of drug-likeness (QED) is 0.155. The zero-order valence-corrected chi connectivity index (χ0v) is 28.9. The van der Waals surface area contributed by atoms with E-state index in [4.69, 9.17) is 34.8 Å². The fourth-order valence-corrected chi connectivity index (χ4v) is 7.06. The number of hydrogen-bond donors (Lipinski definition) is 1. The molecule has 1 N–H and O–H groups in total. The second-order valence-corrected chi connectivity index (χ2v) is 14.1. The monoisotopic (exact) mass is 699 g/mol. The smallest absolute Gasteiger partial charge is 0.264 e. The zero-order chi connectivity index (χ0) is 33.4. The first-order valence-corrected chi connectivity index (χ1v) is 17.4. The Labute approximate surface area is 286 Å². The van der Waals surface area contributed by atoms with Gasteiger partial charge < -0.3 is 10.2 Å². The van der Waals surface area contributed by atoms with Crippen LogP contribution in [0.1, 0.15) is 37.0 Å². The highest BCUT2D eigenvalue weighted by molar-refractivity contribution is 7.92. The van der Waals surface area contributed by atoms with E-state index in [0.29, 0.717) is 32.6 Å². The number of anilines is 1. The summed E-state index contributed by atoms with van der Waals surface area (Å²) in [5, 5.41) is 4.09. The summed E-state index contributed by atoms with van der Waals surface area (Å²) in [6.07, 6.45) is 0.861. The van der Waals surface area contributed by atoms with Crippen molar-refractivity contribution < 1.29 is 18.0 Å². The number of benzene rings is 4. The largest absolute Gasteiger partial charge is 0.352 e. The van der Waals surface area contributed by atoms with Crippen LogP contribution in [0.25, 0.3) is 0 Å². The van der Waals surface area contributed by atoms with Gasteiger partial charge in [0, 0.05) is 34.1 Å². The minimum atomic E-state index is -4.25. The Balaban J connectivity index is 1.85. The predicted molar refractivity (Wildman–Crippen MR) is 186 cm³/mol. The predicted octanol–water partition coefficient (Wildman–Crippen LogP) is 7.71. The van der Waals surface area contributed by atoms with Gasteiger partial charge in [-0.15, -0.1) is 0 Å². The summed E-state index contributed by atoms with van der Waals surface area (Å²) in [4.78, 5) is 30.0. The van der Waals surface area contributed by atoms with Crippen molar-refractivity contribution in [2.24, 2.45) is 0 Å². The van der Waals surface area contributed by atoms with Crippen molar-refractivity contribution in [2.45, 2.75) is 57.1 Å². The standard InChI is InChI=1S/C35H36Cl3N3O4S/c1-4-24(2)39-35(43)33(20-26-12-7-5-8-13-26)40(22-27-18-19-28(36)21-31(27)38)34(42)23-41(32-17-11-16-30(37)25(32)3)46(44,45)29-14-9-6-10-15-29/h5-19,21,24,33H,4,20,22-23H2,1-3H3,(H,39,43)/t24-,33-/m1/s1. The zero-order valence-electron chi connectivity index (χ0n) is 25.8. The Morgan fingerprint density at radius 2 is 1.50 bits per heavy atom. The summed E-state index contributed by atoms with van der Waals surface area (Å²) in [5.41, 5.74) is 2.11. The van der Waals surface area contributed by atoms with Crippen molar-refractivity contribution in [3.8, 4) is 0 Å². The van der Waals surface area contributed by atoms with Crippen LogP contribution >= 0.6 is 34.8 Å². The Kier molecular flexibility index (Phi) is 12.1. The first-order chi connectivity index (χ1) is 21.9. The third-order valence-corrected chi connectivity index (χ3v) is 10.5. The van der Waals surface area contributed by atoms with Gasteiger partial charge in [0.25, 0.3) is 10.0 Å². The van der Waals surface area contributed by atoms with Gasteiger partial charge in [0.1, 0.15) is 12.6 Å². The van der Waals surface area contributed by atoms with E-state index in [9.17, 15) is 18.0 Å². The van der Waals surface area contributed by atoms with Gasteiger partial charge in [0.15, 0.2) is 0 Å². The van der Waals surface area contributed by atoms with Crippen LogP contribution in [-0.2, 0) is 32.6 Å². The molecule has 4 aromatic rings. The summed E-state index contributed by atoms with van der Waals surface area (Å²) in [7, 11) is -4.25. The highest BCUT2D eigenvalue weighted by Crippen LogP contribution is 2.32. The number of hydrogen-bond acceptors (Lipinski definition) is 4. The number of nitrogens with one attached hydrogen (secondary N) is 1. The van der Waals surface area contributed by atoms with Crippen LogP contribution in [0, 0.1) is 6.92 Å². The molecule has 0 heterocycles. The molecule has 0 fully saturated rings. The van der Waals surface area contributed by atoms with E-state index in [1.807, 2.05) is 44.2 Å². The lowest BCUT2D eigenvalue weighted by molar-refractivity contribution is -0.140. The van der Waals surface area contributed by atoms with Gasteiger partial charge in [-0.3, -0.25) is 13.9 Å². The number of amides is 2. The molecule has 0 bridgehead atoms. The van der Waals surface area contributed by atoms with Crippen molar-refractivity contribution in [3.05, 3.63) is 129 Å². The Morgan fingerprint density at radius 3 is 2.13 bits per heavy atom. The van der Waals surface area contributed by atoms with Crippen LogP contribution in [0.5, 0.6) is 0 Å². The number of nitrogens with zero attached hydrogens (tertiary/aromatic N) is 2. The van der Waals surface area contributed by atoms with Gasteiger partial charge >= 0.3 is 0 Å². The summed E-state index contributed by atoms with van der Waals surface area (Å²) < 4.78 is 29.4. The number of carbonyl (C=O) groups is 2. The third kappa shape index (κ3) is 8.62. The number of rotatable bonds is 13. The van der Waals surface area contributed by atoms with Gasteiger partial charge in [-0.1, -0.05) is 102 Å². The van der Waals surface area contributed by atoms with E-state index in [1.165, 1.54) is 17.0 Å².